The molecular weight excluding hydrogens is 397 g/mol. The van der Waals surface area contributed by atoms with Crippen molar-refractivity contribution in [2.45, 2.75) is 6.61 Å². The first-order valence-corrected chi connectivity index (χ1v) is 7.06. The summed E-state index contributed by atoms with van der Waals surface area (Å²) in [5.41, 5.74) is 0.682. The van der Waals surface area contributed by atoms with Crippen LogP contribution in [0, 0.1) is 15.9 Å². The summed E-state index contributed by atoms with van der Waals surface area (Å²) in [6, 6.07) is 8.61. The van der Waals surface area contributed by atoms with Crippen LogP contribution in [0.3, 0.4) is 0 Å². The number of ether oxygens (including phenoxy) is 1. The van der Waals surface area contributed by atoms with Crippen molar-refractivity contribution in [1.82, 2.24) is 0 Å². The third-order valence-corrected chi connectivity index (χ3v) is 3.67. The Hall–Kier alpha value is -1.47. The quantitative estimate of drug-likeness (QED) is 0.541. The summed E-state index contributed by atoms with van der Waals surface area (Å²) in [4.78, 5) is 10.3. The van der Waals surface area contributed by atoms with Crippen molar-refractivity contribution >= 4 is 37.5 Å². The van der Waals surface area contributed by atoms with Crippen LogP contribution in [0.25, 0.3) is 0 Å². The normalized spacial score (nSPS) is 10.3. The third kappa shape index (κ3) is 3.77. The Morgan fingerprint density at radius 2 is 1.95 bits per heavy atom. The van der Waals surface area contributed by atoms with Gasteiger partial charge in [-0.15, -0.1) is 0 Å². The highest BCUT2D eigenvalue weighted by Crippen LogP contribution is 2.27. The van der Waals surface area contributed by atoms with Gasteiger partial charge in [-0.25, -0.2) is 4.39 Å². The molecule has 0 aliphatic rings. The SMILES string of the molecule is O=[N+]([O-])c1cc(Br)cc(OCc2ccc(F)cc2Br)c1. The maximum absolute atomic E-state index is 13.0. The van der Waals surface area contributed by atoms with Gasteiger partial charge < -0.3 is 4.74 Å². The van der Waals surface area contributed by atoms with Crippen molar-refractivity contribution < 1.29 is 14.1 Å². The van der Waals surface area contributed by atoms with Crippen LogP contribution < -0.4 is 4.74 Å². The maximum atomic E-state index is 13.0. The zero-order valence-electron chi connectivity index (χ0n) is 9.98. The van der Waals surface area contributed by atoms with Crippen LogP contribution in [0.1, 0.15) is 5.56 Å². The molecule has 0 amide bonds. The molecule has 0 saturated carbocycles. The summed E-state index contributed by atoms with van der Waals surface area (Å²) in [6.07, 6.45) is 0. The fourth-order valence-electron chi connectivity index (χ4n) is 1.54. The van der Waals surface area contributed by atoms with Crippen molar-refractivity contribution in [3.05, 3.63) is 66.8 Å². The van der Waals surface area contributed by atoms with Crippen LogP contribution in [0.15, 0.2) is 45.3 Å². The molecule has 0 N–H and O–H groups in total. The molecular formula is C13H8Br2FNO3. The molecule has 0 heterocycles. The van der Waals surface area contributed by atoms with E-state index in [4.69, 9.17) is 4.74 Å². The van der Waals surface area contributed by atoms with Gasteiger partial charge in [0, 0.05) is 20.6 Å². The number of nitro benzene ring substituents is 1. The topological polar surface area (TPSA) is 52.4 Å². The van der Waals surface area contributed by atoms with E-state index >= 15 is 0 Å². The molecule has 0 spiro atoms. The maximum Gasteiger partial charge on any atom is 0.274 e. The largest absolute Gasteiger partial charge is 0.489 e. The lowest BCUT2D eigenvalue weighted by atomic mass is 10.2. The van der Waals surface area contributed by atoms with Crippen molar-refractivity contribution in [3.63, 3.8) is 0 Å². The zero-order valence-corrected chi connectivity index (χ0v) is 13.1. The van der Waals surface area contributed by atoms with Gasteiger partial charge >= 0.3 is 0 Å². The van der Waals surface area contributed by atoms with Crippen LogP contribution in [-0.4, -0.2) is 4.92 Å². The number of nitro groups is 1. The van der Waals surface area contributed by atoms with Gasteiger partial charge in [-0.05, 0) is 18.2 Å². The van der Waals surface area contributed by atoms with Crippen LogP contribution >= 0.6 is 31.9 Å². The highest BCUT2D eigenvalue weighted by molar-refractivity contribution is 9.10. The summed E-state index contributed by atoms with van der Waals surface area (Å²) in [5, 5.41) is 10.8. The van der Waals surface area contributed by atoms with Crippen molar-refractivity contribution in [2.75, 3.05) is 0 Å². The molecule has 7 heteroatoms. The number of non-ortho nitro benzene ring substituents is 1. The minimum absolute atomic E-state index is 0.0625. The van der Waals surface area contributed by atoms with Gasteiger partial charge in [-0.2, -0.15) is 0 Å². The molecule has 20 heavy (non-hydrogen) atoms. The van der Waals surface area contributed by atoms with E-state index in [-0.39, 0.29) is 18.1 Å². The van der Waals surface area contributed by atoms with E-state index in [0.29, 0.717) is 14.7 Å². The van der Waals surface area contributed by atoms with Gasteiger partial charge in [-0.1, -0.05) is 37.9 Å². The molecule has 0 aromatic heterocycles. The van der Waals surface area contributed by atoms with Crippen LogP contribution in [0.4, 0.5) is 10.1 Å². The standard InChI is InChI=1S/C13H8Br2FNO3/c14-9-3-11(17(18)19)6-12(4-9)20-7-8-1-2-10(16)5-13(8)15/h1-6H,7H2. The predicted molar refractivity (Wildman–Crippen MR) is 79.2 cm³/mol. The van der Waals surface area contributed by atoms with E-state index in [2.05, 4.69) is 31.9 Å². The number of halogens is 3. The molecule has 0 fully saturated rings. The minimum Gasteiger partial charge on any atom is -0.489 e. The van der Waals surface area contributed by atoms with Gasteiger partial charge in [0.05, 0.1) is 11.0 Å². The molecule has 2 aromatic rings. The minimum atomic E-state index is -0.495. The lowest BCUT2D eigenvalue weighted by Gasteiger charge is -2.08. The van der Waals surface area contributed by atoms with Gasteiger partial charge in [-0.3, -0.25) is 10.1 Å². The van der Waals surface area contributed by atoms with Gasteiger partial charge in [0.2, 0.25) is 0 Å². The predicted octanol–water partition coefficient (Wildman–Crippen LogP) is 4.84. The highest BCUT2D eigenvalue weighted by atomic mass is 79.9. The Kier molecular flexibility index (Phi) is 4.72. The molecule has 0 atom stereocenters. The second-order valence-electron chi connectivity index (χ2n) is 3.93. The number of rotatable bonds is 4. The first kappa shape index (κ1) is 14.9. The van der Waals surface area contributed by atoms with E-state index in [0.717, 1.165) is 5.56 Å². The third-order valence-electron chi connectivity index (χ3n) is 2.48. The first-order valence-electron chi connectivity index (χ1n) is 5.47. The Labute approximate surface area is 131 Å². The molecule has 2 rings (SSSR count). The van der Waals surface area contributed by atoms with Crippen molar-refractivity contribution in [2.24, 2.45) is 0 Å². The van der Waals surface area contributed by atoms with Crippen LogP contribution in [0.5, 0.6) is 5.75 Å². The molecule has 4 nitrogen and oxygen atoms in total. The molecule has 2 aromatic carbocycles. The number of hydrogen-bond acceptors (Lipinski definition) is 3. The first-order chi connectivity index (χ1) is 9.45. The molecule has 0 aliphatic carbocycles. The average molecular weight is 405 g/mol. The summed E-state index contributed by atoms with van der Waals surface area (Å²) in [5.74, 6) is 0.0148. The Bertz CT molecular complexity index is 664. The Morgan fingerprint density at radius 3 is 2.60 bits per heavy atom. The van der Waals surface area contributed by atoms with Gasteiger partial charge in [0.1, 0.15) is 18.2 Å². The average Bonchev–Trinajstić information content (AvgIpc) is 2.37. The molecule has 0 bridgehead atoms. The molecule has 104 valence electrons. The van der Waals surface area contributed by atoms with E-state index in [1.165, 1.54) is 24.3 Å². The highest BCUT2D eigenvalue weighted by Gasteiger charge is 2.10. The second-order valence-corrected chi connectivity index (χ2v) is 5.70. The van der Waals surface area contributed by atoms with E-state index in [1.807, 2.05) is 0 Å². The van der Waals surface area contributed by atoms with Crippen LogP contribution in [0.2, 0.25) is 0 Å². The van der Waals surface area contributed by atoms with Crippen molar-refractivity contribution in [1.29, 1.82) is 0 Å². The van der Waals surface area contributed by atoms with E-state index < -0.39 is 4.92 Å². The zero-order chi connectivity index (χ0) is 14.7. The fraction of sp³-hybridized carbons (Fsp3) is 0.0769. The molecule has 0 aliphatic heterocycles. The summed E-state index contributed by atoms with van der Waals surface area (Å²) >= 11 is 6.42. The lowest BCUT2D eigenvalue weighted by Crippen LogP contribution is -1.98. The fourth-order valence-corrected chi connectivity index (χ4v) is 2.46. The molecule has 0 radical (unpaired) electrons. The van der Waals surface area contributed by atoms with E-state index in [1.54, 1.807) is 12.1 Å². The van der Waals surface area contributed by atoms with E-state index in [9.17, 15) is 14.5 Å². The molecule has 0 unspecified atom stereocenters. The smallest absolute Gasteiger partial charge is 0.274 e. The Morgan fingerprint density at radius 1 is 1.20 bits per heavy atom. The van der Waals surface area contributed by atoms with Crippen LogP contribution in [-0.2, 0) is 6.61 Å². The number of hydrogen-bond donors (Lipinski definition) is 0. The van der Waals surface area contributed by atoms with Gasteiger partial charge in [0.15, 0.2) is 0 Å². The Balaban J connectivity index is 2.16. The number of benzene rings is 2. The number of nitrogens with zero attached hydrogens (tertiary/aromatic N) is 1. The summed E-state index contributed by atoms with van der Waals surface area (Å²) in [7, 11) is 0. The lowest BCUT2D eigenvalue weighted by molar-refractivity contribution is -0.385. The van der Waals surface area contributed by atoms with Gasteiger partial charge in [0.25, 0.3) is 5.69 Å². The second kappa shape index (κ2) is 6.32. The van der Waals surface area contributed by atoms with Crippen molar-refractivity contribution in [3.8, 4) is 5.75 Å². The monoisotopic (exact) mass is 403 g/mol. The summed E-state index contributed by atoms with van der Waals surface area (Å²) in [6.45, 7) is 0.175. The summed E-state index contributed by atoms with van der Waals surface area (Å²) < 4.78 is 19.6. The molecule has 0 saturated heterocycles.